The molecule has 6 nitrogen and oxygen atoms in total. The summed E-state index contributed by atoms with van der Waals surface area (Å²) in [5, 5.41) is 2.05. The Labute approximate surface area is 170 Å². The molecule has 0 aliphatic heterocycles. The van der Waals surface area contributed by atoms with E-state index < -0.39 is 22.0 Å². The smallest absolute Gasteiger partial charge is 0.275 e. The van der Waals surface area contributed by atoms with Crippen molar-refractivity contribution in [3.8, 4) is 5.75 Å². The maximum Gasteiger partial charge on any atom is 0.275 e. The zero-order valence-electron chi connectivity index (χ0n) is 16.5. The highest BCUT2D eigenvalue weighted by atomic mass is 32.2. The minimum atomic E-state index is -3.87. The number of benzene rings is 3. The van der Waals surface area contributed by atoms with Gasteiger partial charge in [-0.25, -0.2) is 8.42 Å². The van der Waals surface area contributed by atoms with E-state index in [9.17, 15) is 13.2 Å². The summed E-state index contributed by atoms with van der Waals surface area (Å²) < 4.78 is 30.4. The first-order valence-corrected chi connectivity index (χ1v) is 10.8. The first kappa shape index (κ1) is 20.8. The number of carbonyl (C=O) groups is 1. The van der Waals surface area contributed by atoms with E-state index in [-0.39, 0.29) is 4.90 Å². The highest BCUT2D eigenvalue weighted by Crippen LogP contribution is 2.21. The van der Waals surface area contributed by atoms with Gasteiger partial charge in [0.2, 0.25) is 0 Å². The standard InChI is InChI=1S/C22H24N2O4S/c1-15(2)17-9-12-21(13-10-17)29(26,27)24-23-22(25)16(3)28-20-11-8-18-6-4-5-7-19(18)14-20/h4-16,24H,1-3H3,(H,23,25)/t16-/m1/s1. The van der Waals surface area contributed by atoms with Crippen LogP contribution in [0.25, 0.3) is 10.8 Å². The van der Waals surface area contributed by atoms with Crippen molar-refractivity contribution in [3.05, 3.63) is 72.3 Å². The molecule has 1 atom stereocenters. The van der Waals surface area contributed by atoms with Gasteiger partial charge in [-0.1, -0.05) is 56.3 Å². The van der Waals surface area contributed by atoms with Crippen LogP contribution < -0.4 is 15.0 Å². The van der Waals surface area contributed by atoms with Gasteiger partial charge in [0.05, 0.1) is 4.90 Å². The first-order chi connectivity index (χ1) is 13.8. The van der Waals surface area contributed by atoms with Gasteiger partial charge in [0.25, 0.3) is 15.9 Å². The monoisotopic (exact) mass is 412 g/mol. The van der Waals surface area contributed by atoms with E-state index in [4.69, 9.17) is 4.74 Å². The SMILES string of the molecule is CC(C)c1ccc(S(=O)(=O)NNC(=O)[C@@H](C)Oc2ccc3ccccc3c2)cc1. The molecule has 2 N–H and O–H groups in total. The van der Waals surface area contributed by atoms with Crippen molar-refractivity contribution in [2.45, 2.75) is 37.7 Å². The van der Waals surface area contributed by atoms with E-state index in [0.717, 1.165) is 16.3 Å². The Kier molecular flexibility index (Phi) is 6.20. The summed E-state index contributed by atoms with van der Waals surface area (Å²) in [4.78, 5) is 14.5. The van der Waals surface area contributed by atoms with Crippen LogP contribution in [0.2, 0.25) is 0 Å². The van der Waals surface area contributed by atoms with Gasteiger partial charge in [0, 0.05) is 0 Å². The van der Waals surface area contributed by atoms with E-state index in [1.807, 2.05) is 50.2 Å². The van der Waals surface area contributed by atoms with Crippen LogP contribution in [0.5, 0.6) is 5.75 Å². The Morgan fingerprint density at radius 3 is 2.21 bits per heavy atom. The average Bonchev–Trinajstić information content (AvgIpc) is 2.72. The maximum atomic E-state index is 12.4. The van der Waals surface area contributed by atoms with Crippen LogP contribution in [0.3, 0.4) is 0 Å². The van der Waals surface area contributed by atoms with Gasteiger partial charge in [-0.15, -0.1) is 4.83 Å². The summed E-state index contributed by atoms with van der Waals surface area (Å²) in [6.07, 6.45) is -0.887. The van der Waals surface area contributed by atoms with E-state index in [1.165, 1.54) is 12.1 Å². The van der Waals surface area contributed by atoms with Crippen LogP contribution >= 0.6 is 0 Å². The molecule has 0 bridgehead atoms. The molecule has 152 valence electrons. The van der Waals surface area contributed by atoms with Crippen molar-refractivity contribution in [2.75, 3.05) is 0 Å². The van der Waals surface area contributed by atoms with Crippen LogP contribution in [-0.4, -0.2) is 20.4 Å². The molecule has 7 heteroatoms. The number of nitrogens with one attached hydrogen (secondary N) is 2. The minimum Gasteiger partial charge on any atom is -0.481 e. The molecule has 0 fully saturated rings. The normalized spacial score (nSPS) is 12.7. The maximum absolute atomic E-state index is 12.4. The highest BCUT2D eigenvalue weighted by Gasteiger charge is 2.19. The molecule has 3 aromatic carbocycles. The summed E-state index contributed by atoms with van der Waals surface area (Å²) in [7, 11) is -3.87. The van der Waals surface area contributed by atoms with Crippen molar-refractivity contribution < 1.29 is 17.9 Å². The van der Waals surface area contributed by atoms with Crippen molar-refractivity contribution in [1.29, 1.82) is 0 Å². The fourth-order valence-electron chi connectivity index (χ4n) is 2.81. The largest absolute Gasteiger partial charge is 0.481 e. The number of sulfonamides is 1. The van der Waals surface area contributed by atoms with Gasteiger partial charge in [0.1, 0.15) is 5.75 Å². The molecule has 0 aromatic heterocycles. The fourth-order valence-corrected chi connectivity index (χ4v) is 3.66. The predicted molar refractivity (Wildman–Crippen MR) is 113 cm³/mol. The zero-order valence-corrected chi connectivity index (χ0v) is 17.4. The molecule has 0 unspecified atom stereocenters. The average molecular weight is 413 g/mol. The molecule has 0 spiro atoms. The topological polar surface area (TPSA) is 84.5 Å². The molecule has 3 rings (SSSR count). The molecule has 29 heavy (non-hydrogen) atoms. The van der Waals surface area contributed by atoms with Crippen LogP contribution in [0.1, 0.15) is 32.3 Å². The van der Waals surface area contributed by atoms with Crippen molar-refractivity contribution >= 4 is 26.7 Å². The predicted octanol–water partition coefficient (Wildman–Crippen LogP) is 3.74. The van der Waals surface area contributed by atoms with Crippen molar-refractivity contribution in [1.82, 2.24) is 10.3 Å². The third-order valence-corrected chi connectivity index (χ3v) is 5.83. The van der Waals surface area contributed by atoms with E-state index in [0.29, 0.717) is 11.7 Å². The zero-order chi connectivity index (χ0) is 21.0. The lowest BCUT2D eigenvalue weighted by Gasteiger charge is -2.16. The molecular weight excluding hydrogens is 388 g/mol. The summed E-state index contributed by atoms with van der Waals surface area (Å²) in [6, 6.07) is 19.8. The number of hydrazine groups is 1. The molecule has 0 aliphatic carbocycles. The fraction of sp³-hybridized carbons (Fsp3) is 0.227. The molecule has 0 radical (unpaired) electrons. The Balaban J connectivity index is 1.61. The third-order valence-electron chi connectivity index (χ3n) is 4.57. The second-order valence-electron chi connectivity index (χ2n) is 7.09. The summed E-state index contributed by atoms with van der Waals surface area (Å²) in [5.41, 5.74) is 3.25. The number of carbonyl (C=O) groups excluding carboxylic acids is 1. The molecule has 3 aromatic rings. The molecule has 1 amide bonds. The van der Waals surface area contributed by atoms with Crippen LogP contribution in [0.4, 0.5) is 0 Å². The van der Waals surface area contributed by atoms with Gasteiger partial charge in [-0.05, 0) is 53.4 Å². The number of ether oxygens (including phenoxy) is 1. The quantitative estimate of drug-likeness (QED) is 0.579. The number of amides is 1. The highest BCUT2D eigenvalue weighted by molar-refractivity contribution is 7.89. The minimum absolute atomic E-state index is 0.0744. The van der Waals surface area contributed by atoms with Gasteiger partial charge >= 0.3 is 0 Å². The van der Waals surface area contributed by atoms with Gasteiger partial charge in [-0.2, -0.15) is 0 Å². The Morgan fingerprint density at radius 1 is 0.897 bits per heavy atom. The Bertz CT molecular complexity index is 1110. The third kappa shape index (κ3) is 5.13. The summed E-state index contributed by atoms with van der Waals surface area (Å²) in [6.45, 7) is 5.61. The molecular formula is C22H24N2O4S. The van der Waals surface area contributed by atoms with Crippen LogP contribution in [-0.2, 0) is 14.8 Å². The van der Waals surface area contributed by atoms with Gasteiger partial charge < -0.3 is 4.74 Å². The summed E-state index contributed by atoms with van der Waals surface area (Å²) >= 11 is 0. The van der Waals surface area contributed by atoms with Crippen molar-refractivity contribution in [3.63, 3.8) is 0 Å². The van der Waals surface area contributed by atoms with E-state index in [1.54, 1.807) is 25.1 Å². The second kappa shape index (κ2) is 8.63. The number of rotatable bonds is 7. The first-order valence-electron chi connectivity index (χ1n) is 9.33. The number of fused-ring (bicyclic) bond motifs is 1. The molecule has 0 saturated carbocycles. The number of hydrogen-bond donors (Lipinski definition) is 2. The number of hydrogen-bond acceptors (Lipinski definition) is 4. The molecule has 0 saturated heterocycles. The lowest BCUT2D eigenvalue weighted by molar-refractivity contribution is -0.127. The Hall–Kier alpha value is -2.90. The van der Waals surface area contributed by atoms with Crippen molar-refractivity contribution in [2.24, 2.45) is 0 Å². The van der Waals surface area contributed by atoms with Crippen LogP contribution in [0.15, 0.2) is 71.6 Å². The van der Waals surface area contributed by atoms with Gasteiger partial charge in [0.15, 0.2) is 6.10 Å². The lowest BCUT2D eigenvalue weighted by Crippen LogP contribution is -2.47. The van der Waals surface area contributed by atoms with E-state index in [2.05, 4.69) is 10.3 Å². The van der Waals surface area contributed by atoms with Crippen LogP contribution in [0, 0.1) is 0 Å². The lowest BCUT2D eigenvalue weighted by atomic mass is 10.0. The summed E-state index contributed by atoms with van der Waals surface area (Å²) in [5.74, 6) is 0.228. The second-order valence-corrected chi connectivity index (χ2v) is 8.77. The van der Waals surface area contributed by atoms with Gasteiger partial charge in [-0.3, -0.25) is 10.2 Å². The Morgan fingerprint density at radius 2 is 1.55 bits per heavy atom. The van der Waals surface area contributed by atoms with E-state index >= 15 is 0 Å². The molecule has 0 heterocycles. The molecule has 0 aliphatic rings.